The first-order valence-corrected chi connectivity index (χ1v) is 11.6. The number of nitrogens with zero attached hydrogens (tertiary/aromatic N) is 5. The lowest BCUT2D eigenvalue weighted by molar-refractivity contribution is -0.130. The van der Waals surface area contributed by atoms with Crippen LogP contribution in [0.2, 0.25) is 0 Å². The van der Waals surface area contributed by atoms with Crippen molar-refractivity contribution >= 4 is 23.6 Å². The van der Waals surface area contributed by atoms with Gasteiger partial charge in [-0.05, 0) is 45.4 Å². The summed E-state index contributed by atoms with van der Waals surface area (Å²) in [6, 6.07) is 7.96. The van der Waals surface area contributed by atoms with Crippen LogP contribution < -0.4 is 15.0 Å². The molecule has 0 aliphatic carbocycles. The second kappa shape index (κ2) is 9.64. The molecule has 2 amide bonds. The maximum absolute atomic E-state index is 13.1. The number of hydrogen-bond acceptors (Lipinski definition) is 7. The maximum atomic E-state index is 13.1. The van der Waals surface area contributed by atoms with Crippen molar-refractivity contribution in [3.05, 3.63) is 41.1 Å². The zero-order valence-electron chi connectivity index (χ0n) is 19.8. The Hall–Kier alpha value is -3.36. The summed E-state index contributed by atoms with van der Waals surface area (Å²) in [5.41, 5.74) is 2.30. The molecule has 1 saturated heterocycles. The second-order valence-corrected chi connectivity index (χ2v) is 8.55. The minimum Gasteiger partial charge on any atom is -0.494 e. The van der Waals surface area contributed by atoms with Gasteiger partial charge in [0.2, 0.25) is 11.9 Å². The number of carbonyl (C=O) groups is 2. The van der Waals surface area contributed by atoms with E-state index in [0.717, 1.165) is 16.9 Å². The molecule has 9 heteroatoms. The van der Waals surface area contributed by atoms with Crippen molar-refractivity contribution in [2.24, 2.45) is 0 Å². The second-order valence-electron chi connectivity index (χ2n) is 8.55. The number of anilines is 2. The summed E-state index contributed by atoms with van der Waals surface area (Å²) in [7, 11) is 0. The summed E-state index contributed by atoms with van der Waals surface area (Å²) < 4.78 is 5.52. The fraction of sp³-hybridized carbons (Fsp3) is 0.500. The molecule has 0 unspecified atom stereocenters. The van der Waals surface area contributed by atoms with E-state index in [1.54, 1.807) is 4.90 Å². The van der Waals surface area contributed by atoms with E-state index in [9.17, 15) is 9.59 Å². The number of rotatable bonds is 8. The fourth-order valence-corrected chi connectivity index (χ4v) is 4.15. The molecular weight excluding hydrogens is 420 g/mol. The van der Waals surface area contributed by atoms with Gasteiger partial charge in [-0.3, -0.25) is 9.59 Å². The Morgan fingerprint density at radius 3 is 2.45 bits per heavy atom. The molecule has 3 heterocycles. The predicted octanol–water partition coefficient (Wildman–Crippen LogP) is 2.52. The van der Waals surface area contributed by atoms with Crippen molar-refractivity contribution in [1.29, 1.82) is 0 Å². The van der Waals surface area contributed by atoms with Crippen LogP contribution in [0.25, 0.3) is 0 Å². The van der Waals surface area contributed by atoms with E-state index in [1.807, 2.05) is 61.8 Å². The van der Waals surface area contributed by atoms with Gasteiger partial charge in [0.25, 0.3) is 5.91 Å². The zero-order chi connectivity index (χ0) is 23.5. The van der Waals surface area contributed by atoms with E-state index in [0.29, 0.717) is 56.8 Å². The first-order chi connectivity index (χ1) is 15.9. The van der Waals surface area contributed by atoms with E-state index in [-0.39, 0.29) is 24.4 Å². The Balaban J connectivity index is 1.60. The highest BCUT2D eigenvalue weighted by atomic mass is 16.5. The van der Waals surface area contributed by atoms with Crippen molar-refractivity contribution in [3.8, 4) is 5.75 Å². The van der Waals surface area contributed by atoms with Gasteiger partial charge in [-0.2, -0.15) is 4.98 Å². The van der Waals surface area contributed by atoms with E-state index in [2.05, 4.69) is 10.3 Å². The average molecular weight is 453 g/mol. The van der Waals surface area contributed by atoms with Gasteiger partial charge in [-0.1, -0.05) is 12.1 Å². The molecule has 0 spiro atoms. The zero-order valence-corrected chi connectivity index (χ0v) is 19.8. The van der Waals surface area contributed by atoms with Crippen molar-refractivity contribution in [1.82, 2.24) is 19.8 Å². The molecular formula is C24H32N6O3. The summed E-state index contributed by atoms with van der Waals surface area (Å²) in [6.07, 6.45) is 0. The van der Waals surface area contributed by atoms with E-state index >= 15 is 0 Å². The normalized spacial score (nSPS) is 16.0. The largest absolute Gasteiger partial charge is 0.494 e. The molecule has 2 aliphatic heterocycles. The number of amides is 2. The van der Waals surface area contributed by atoms with Gasteiger partial charge in [-0.15, -0.1) is 0 Å². The van der Waals surface area contributed by atoms with Gasteiger partial charge in [0.1, 0.15) is 17.3 Å². The Morgan fingerprint density at radius 1 is 1.06 bits per heavy atom. The van der Waals surface area contributed by atoms with Gasteiger partial charge in [0.05, 0.1) is 19.7 Å². The highest BCUT2D eigenvalue weighted by Crippen LogP contribution is 2.31. The Bertz CT molecular complexity index is 1020. The molecule has 1 aromatic heterocycles. The third-order valence-corrected chi connectivity index (χ3v) is 6.09. The third kappa shape index (κ3) is 4.72. The Morgan fingerprint density at radius 2 is 1.82 bits per heavy atom. The molecule has 1 aromatic carbocycles. The molecule has 2 aromatic rings. The summed E-state index contributed by atoms with van der Waals surface area (Å²) in [6.45, 7) is 11.7. The SMILES string of the molecule is CCOc1ccc(CNc2nc(N3CCN(CC)C(=O)C3)nc3c2CN(C(C)C)C3=O)cc1. The predicted molar refractivity (Wildman–Crippen MR) is 126 cm³/mol. The number of likely N-dealkylation sites (N-methyl/N-ethyl adjacent to an activating group) is 1. The number of fused-ring (bicyclic) bond motifs is 1. The van der Waals surface area contributed by atoms with E-state index in [1.165, 1.54) is 0 Å². The highest BCUT2D eigenvalue weighted by molar-refractivity contribution is 5.98. The van der Waals surface area contributed by atoms with Crippen LogP contribution in [0.1, 0.15) is 49.3 Å². The minimum absolute atomic E-state index is 0.0480. The van der Waals surface area contributed by atoms with Crippen molar-refractivity contribution < 1.29 is 14.3 Å². The average Bonchev–Trinajstić information content (AvgIpc) is 3.15. The standard InChI is InChI=1S/C24H32N6O3/c1-5-28-11-12-29(15-20(28)31)24-26-21-19(14-30(16(3)4)23(21)32)22(27-24)25-13-17-7-9-18(10-8-17)33-6-2/h7-10,16H,5-6,11-15H2,1-4H3,(H,25,26,27). The number of ether oxygens (including phenoxy) is 1. The number of hydrogen-bond donors (Lipinski definition) is 1. The number of aromatic nitrogens is 2. The van der Waals surface area contributed by atoms with Crippen LogP contribution in [0.5, 0.6) is 5.75 Å². The molecule has 33 heavy (non-hydrogen) atoms. The van der Waals surface area contributed by atoms with Crippen LogP contribution in [0.15, 0.2) is 24.3 Å². The summed E-state index contributed by atoms with van der Waals surface area (Å²) in [5.74, 6) is 1.86. The highest BCUT2D eigenvalue weighted by Gasteiger charge is 2.35. The van der Waals surface area contributed by atoms with Crippen LogP contribution in [-0.4, -0.2) is 70.4 Å². The number of carbonyl (C=O) groups excluding carboxylic acids is 2. The molecule has 9 nitrogen and oxygen atoms in total. The molecule has 1 fully saturated rings. The molecule has 0 saturated carbocycles. The molecule has 176 valence electrons. The summed E-state index contributed by atoms with van der Waals surface area (Å²) in [5, 5.41) is 3.41. The smallest absolute Gasteiger partial charge is 0.273 e. The quantitative estimate of drug-likeness (QED) is 0.658. The molecule has 0 radical (unpaired) electrons. The minimum atomic E-state index is -0.0914. The molecule has 0 bridgehead atoms. The third-order valence-electron chi connectivity index (χ3n) is 6.09. The van der Waals surface area contributed by atoms with Gasteiger partial charge in [0.15, 0.2) is 0 Å². The molecule has 0 atom stereocenters. The summed E-state index contributed by atoms with van der Waals surface area (Å²) in [4.78, 5) is 40.4. The van der Waals surface area contributed by atoms with Crippen LogP contribution in [0.3, 0.4) is 0 Å². The van der Waals surface area contributed by atoms with E-state index < -0.39 is 0 Å². The van der Waals surface area contributed by atoms with Gasteiger partial charge in [0, 0.05) is 37.8 Å². The first kappa shape index (κ1) is 22.8. The Kier molecular flexibility index (Phi) is 6.67. The summed E-state index contributed by atoms with van der Waals surface area (Å²) >= 11 is 0. The fourth-order valence-electron chi connectivity index (χ4n) is 4.15. The lowest BCUT2D eigenvalue weighted by Crippen LogP contribution is -2.50. The monoisotopic (exact) mass is 452 g/mol. The van der Waals surface area contributed by atoms with E-state index in [4.69, 9.17) is 9.72 Å². The van der Waals surface area contributed by atoms with Crippen LogP contribution in [0, 0.1) is 0 Å². The molecule has 4 rings (SSSR count). The number of nitrogens with one attached hydrogen (secondary N) is 1. The van der Waals surface area contributed by atoms with Crippen LogP contribution in [0.4, 0.5) is 11.8 Å². The van der Waals surface area contributed by atoms with Crippen molar-refractivity contribution in [3.63, 3.8) is 0 Å². The van der Waals surface area contributed by atoms with Gasteiger partial charge < -0.3 is 24.8 Å². The molecule has 1 N–H and O–H groups in total. The Labute approximate surface area is 194 Å². The molecule has 2 aliphatic rings. The number of benzene rings is 1. The van der Waals surface area contributed by atoms with Crippen molar-refractivity contribution in [2.45, 2.75) is 46.8 Å². The van der Waals surface area contributed by atoms with Gasteiger partial charge >= 0.3 is 0 Å². The van der Waals surface area contributed by atoms with Crippen molar-refractivity contribution in [2.75, 3.05) is 43.0 Å². The maximum Gasteiger partial charge on any atom is 0.273 e. The lowest BCUT2D eigenvalue weighted by atomic mass is 10.2. The van der Waals surface area contributed by atoms with Crippen LogP contribution in [-0.2, 0) is 17.9 Å². The van der Waals surface area contributed by atoms with Gasteiger partial charge in [-0.25, -0.2) is 4.98 Å². The first-order valence-electron chi connectivity index (χ1n) is 11.6. The number of piperazine rings is 1. The van der Waals surface area contributed by atoms with Crippen LogP contribution >= 0.6 is 0 Å². The lowest BCUT2D eigenvalue weighted by Gasteiger charge is -2.33. The topological polar surface area (TPSA) is 90.9 Å².